The Bertz CT molecular complexity index is 779. The molecule has 7 heteroatoms. The molecule has 0 saturated carbocycles. The maximum atomic E-state index is 12.2. The third-order valence-corrected chi connectivity index (χ3v) is 4.89. The van der Waals surface area contributed by atoms with Gasteiger partial charge in [-0.1, -0.05) is 36.8 Å². The molecule has 1 atom stereocenters. The first kappa shape index (κ1) is 17.2. The fourth-order valence-electron chi connectivity index (χ4n) is 2.12. The van der Waals surface area contributed by atoms with Crippen molar-refractivity contribution >= 4 is 15.9 Å². The molecule has 6 nitrogen and oxygen atoms in total. The molecule has 0 aliphatic carbocycles. The molecule has 2 rings (SSSR count). The highest BCUT2D eigenvalue weighted by Gasteiger charge is 2.23. The fourth-order valence-corrected chi connectivity index (χ4v) is 3.15. The quantitative estimate of drug-likeness (QED) is 0.874. The van der Waals surface area contributed by atoms with Gasteiger partial charge in [0.25, 0.3) is 10.0 Å². The zero-order chi connectivity index (χ0) is 17.0. The van der Waals surface area contributed by atoms with Crippen LogP contribution in [0.4, 0.5) is 0 Å². The van der Waals surface area contributed by atoms with Crippen LogP contribution in [0.5, 0.6) is 0 Å². The normalized spacial score (nSPS) is 12.8. The molecule has 0 spiro atoms. The Labute approximate surface area is 136 Å². The van der Waals surface area contributed by atoms with Gasteiger partial charge in [0.2, 0.25) is 5.91 Å². The lowest BCUT2D eigenvalue weighted by Gasteiger charge is -2.12. The van der Waals surface area contributed by atoms with E-state index in [1.165, 1.54) is 17.1 Å². The summed E-state index contributed by atoms with van der Waals surface area (Å²) >= 11 is 0. The number of nitrogens with one attached hydrogen (secondary N) is 1. The molecule has 1 amide bonds. The molecule has 1 heterocycles. The van der Waals surface area contributed by atoms with E-state index in [-0.39, 0.29) is 4.90 Å². The van der Waals surface area contributed by atoms with Crippen molar-refractivity contribution in [3.8, 4) is 0 Å². The molecule has 2 aromatic rings. The third kappa shape index (κ3) is 4.41. The van der Waals surface area contributed by atoms with E-state index in [0.29, 0.717) is 13.0 Å². The van der Waals surface area contributed by atoms with Crippen LogP contribution in [0.1, 0.15) is 25.0 Å². The Morgan fingerprint density at radius 3 is 2.52 bits per heavy atom. The van der Waals surface area contributed by atoms with Gasteiger partial charge < -0.3 is 0 Å². The first-order valence-corrected chi connectivity index (χ1v) is 8.95. The van der Waals surface area contributed by atoms with Crippen LogP contribution in [0.25, 0.3) is 0 Å². The molecule has 124 valence electrons. The highest BCUT2D eigenvalue weighted by atomic mass is 32.2. The van der Waals surface area contributed by atoms with Gasteiger partial charge in [0.05, 0.1) is 6.20 Å². The zero-order valence-corrected chi connectivity index (χ0v) is 14.3. The van der Waals surface area contributed by atoms with Crippen molar-refractivity contribution in [2.75, 3.05) is 0 Å². The molecule has 0 fully saturated rings. The first-order chi connectivity index (χ1) is 10.8. The van der Waals surface area contributed by atoms with Crippen LogP contribution < -0.4 is 4.72 Å². The molecular formula is C16H21N3O3S. The van der Waals surface area contributed by atoms with E-state index in [0.717, 1.165) is 11.1 Å². The number of aromatic nitrogens is 2. The van der Waals surface area contributed by atoms with E-state index in [1.807, 2.05) is 38.1 Å². The van der Waals surface area contributed by atoms with E-state index in [1.54, 1.807) is 6.92 Å². The highest BCUT2D eigenvalue weighted by Crippen LogP contribution is 2.12. The summed E-state index contributed by atoms with van der Waals surface area (Å²) in [6.07, 6.45) is 3.12. The number of benzene rings is 1. The predicted molar refractivity (Wildman–Crippen MR) is 87.3 cm³/mol. The number of carbonyl (C=O) groups is 1. The smallest absolute Gasteiger partial charge is 0.267 e. The summed E-state index contributed by atoms with van der Waals surface area (Å²) in [5.41, 5.74) is 2.14. The molecule has 23 heavy (non-hydrogen) atoms. The molecule has 0 radical (unpaired) electrons. The molecule has 1 aromatic carbocycles. The van der Waals surface area contributed by atoms with E-state index in [2.05, 4.69) is 9.82 Å². The standard InChI is InChI=1S/C16H21N3O3S/c1-4-19-11-15(10-17-19)23(21,22)18-16(20)13(3)9-14-7-5-12(2)6-8-14/h5-8,10-11,13H,4,9H2,1-3H3,(H,18,20)/t13-/m0/s1. The summed E-state index contributed by atoms with van der Waals surface area (Å²) in [6.45, 7) is 6.11. The molecular weight excluding hydrogens is 314 g/mol. The van der Waals surface area contributed by atoms with Crippen LogP contribution >= 0.6 is 0 Å². The Kier molecular flexibility index (Phi) is 5.20. The minimum absolute atomic E-state index is 0.00441. The molecule has 1 N–H and O–H groups in total. The number of carbonyl (C=O) groups excluding carboxylic acids is 1. The SMILES string of the molecule is CCn1cc(S(=O)(=O)NC(=O)[C@@H](C)Cc2ccc(C)cc2)cn1. The van der Waals surface area contributed by atoms with Gasteiger partial charge >= 0.3 is 0 Å². The van der Waals surface area contributed by atoms with Gasteiger partial charge in [-0.25, -0.2) is 13.1 Å². The van der Waals surface area contributed by atoms with Gasteiger partial charge in [0.1, 0.15) is 4.90 Å². The summed E-state index contributed by atoms with van der Waals surface area (Å²) in [5, 5.41) is 3.92. The van der Waals surface area contributed by atoms with Crippen molar-refractivity contribution < 1.29 is 13.2 Å². The van der Waals surface area contributed by atoms with Gasteiger partial charge in [0, 0.05) is 18.7 Å². The summed E-state index contributed by atoms with van der Waals surface area (Å²) in [7, 11) is -3.88. The molecule has 0 bridgehead atoms. The number of aryl methyl sites for hydroxylation is 2. The molecule has 0 aliphatic rings. The second-order valence-corrected chi connectivity index (χ2v) is 7.27. The van der Waals surface area contributed by atoms with Crippen LogP contribution in [0.3, 0.4) is 0 Å². The second-order valence-electron chi connectivity index (χ2n) is 5.59. The summed E-state index contributed by atoms with van der Waals surface area (Å²) in [4.78, 5) is 12.2. The summed E-state index contributed by atoms with van der Waals surface area (Å²) in [6, 6.07) is 7.82. The lowest BCUT2D eigenvalue weighted by Crippen LogP contribution is -2.35. The van der Waals surface area contributed by atoms with Crippen LogP contribution in [0, 0.1) is 12.8 Å². The van der Waals surface area contributed by atoms with Gasteiger partial charge in [-0.15, -0.1) is 0 Å². The van der Waals surface area contributed by atoms with Crippen LogP contribution in [-0.2, 0) is 27.8 Å². The minimum Gasteiger partial charge on any atom is -0.274 e. The van der Waals surface area contributed by atoms with Crippen molar-refractivity contribution in [3.05, 3.63) is 47.8 Å². The second kappa shape index (κ2) is 6.95. The number of hydrogen-bond donors (Lipinski definition) is 1. The lowest BCUT2D eigenvalue weighted by molar-refractivity contribution is -0.122. The fraction of sp³-hybridized carbons (Fsp3) is 0.375. The maximum absolute atomic E-state index is 12.2. The van der Waals surface area contributed by atoms with E-state index >= 15 is 0 Å². The van der Waals surface area contributed by atoms with Gasteiger partial charge in [-0.2, -0.15) is 5.10 Å². The number of hydrogen-bond acceptors (Lipinski definition) is 4. The topological polar surface area (TPSA) is 81.1 Å². The van der Waals surface area contributed by atoms with Crippen molar-refractivity contribution in [1.82, 2.24) is 14.5 Å². The predicted octanol–water partition coefficient (Wildman–Crippen LogP) is 1.90. The van der Waals surface area contributed by atoms with Gasteiger partial charge in [-0.3, -0.25) is 9.48 Å². The Balaban J connectivity index is 2.03. The molecule has 0 saturated heterocycles. The van der Waals surface area contributed by atoms with Crippen molar-refractivity contribution in [1.29, 1.82) is 0 Å². The van der Waals surface area contributed by atoms with Crippen LogP contribution in [0.2, 0.25) is 0 Å². The van der Waals surface area contributed by atoms with Crippen molar-refractivity contribution in [2.24, 2.45) is 5.92 Å². The van der Waals surface area contributed by atoms with Gasteiger partial charge in [-0.05, 0) is 25.8 Å². The van der Waals surface area contributed by atoms with Crippen LogP contribution in [0.15, 0.2) is 41.6 Å². The number of amides is 1. The molecule has 0 unspecified atom stereocenters. The van der Waals surface area contributed by atoms with Crippen molar-refractivity contribution in [3.63, 3.8) is 0 Å². The number of sulfonamides is 1. The summed E-state index contributed by atoms with van der Waals surface area (Å²) < 4.78 is 28.0. The largest absolute Gasteiger partial charge is 0.274 e. The first-order valence-electron chi connectivity index (χ1n) is 7.46. The Hall–Kier alpha value is -2.15. The average molecular weight is 335 g/mol. The minimum atomic E-state index is -3.88. The maximum Gasteiger partial charge on any atom is 0.267 e. The van der Waals surface area contributed by atoms with E-state index in [9.17, 15) is 13.2 Å². The zero-order valence-electron chi connectivity index (χ0n) is 13.5. The lowest BCUT2D eigenvalue weighted by atomic mass is 10.00. The Morgan fingerprint density at radius 2 is 1.96 bits per heavy atom. The third-order valence-electron chi connectivity index (χ3n) is 3.59. The van der Waals surface area contributed by atoms with Crippen molar-refractivity contribution in [2.45, 2.75) is 38.6 Å². The summed E-state index contributed by atoms with van der Waals surface area (Å²) in [5.74, 6) is -0.969. The molecule has 0 aliphatic heterocycles. The monoisotopic (exact) mass is 335 g/mol. The average Bonchev–Trinajstić information content (AvgIpc) is 2.99. The van der Waals surface area contributed by atoms with Crippen LogP contribution in [-0.4, -0.2) is 24.1 Å². The van der Waals surface area contributed by atoms with E-state index in [4.69, 9.17) is 0 Å². The number of nitrogens with zero attached hydrogens (tertiary/aromatic N) is 2. The highest BCUT2D eigenvalue weighted by molar-refractivity contribution is 7.90. The van der Waals surface area contributed by atoms with Gasteiger partial charge in [0.15, 0.2) is 0 Å². The Morgan fingerprint density at radius 1 is 1.30 bits per heavy atom. The van der Waals surface area contributed by atoms with E-state index < -0.39 is 21.8 Å². The number of rotatable bonds is 6. The molecule has 1 aromatic heterocycles.